The number of carbonyl (C=O) groups is 3. The summed E-state index contributed by atoms with van der Waals surface area (Å²) in [7, 11) is 0. The first-order valence-electron chi connectivity index (χ1n) is 4.56. The Labute approximate surface area is 143 Å². The molecule has 0 saturated carbocycles. The molecule has 1 amide bonds. The Bertz CT molecular complexity index is 563. The van der Waals surface area contributed by atoms with Gasteiger partial charge in [0.2, 0.25) is 5.91 Å². The average Bonchev–Trinajstić information content (AvgIpc) is 2.22. The molecule has 0 atom stereocenters. The molecule has 0 aliphatic carbocycles. The van der Waals surface area contributed by atoms with Crippen LogP contribution in [-0.2, 0) is 4.79 Å². The standard InChI is InChI=1S/C10H4Br3Cl2NO3/c1-2(17)16-8-6(12)3(9(14)18)5(11)4(7(8)13)10(15)19/h1H3,(H,16,17). The van der Waals surface area contributed by atoms with Crippen LogP contribution in [0.2, 0.25) is 0 Å². The molecule has 102 valence electrons. The van der Waals surface area contributed by atoms with Crippen LogP contribution in [-0.4, -0.2) is 16.4 Å². The first kappa shape index (κ1) is 17.1. The molecule has 1 N–H and O–H groups in total. The summed E-state index contributed by atoms with van der Waals surface area (Å²) in [5.74, 6) is -0.385. The SMILES string of the molecule is CC(=O)Nc1c(Br)c(C(=O)Cl)c(Br)c(C(=O)Cl)c1Br. The molecule has 1 aromatic rings. The first-order chi connectivity index (χ1) is 8.68. The van der Waals surface area contributed by atoms with Crippen molar-refractivity contribution in [2.75, 3.05) is 5.32 Å². The normalized spacial score (nSPS) is 10.2. The second kappa shape index (κ2) is 6.67. The van der Waals surface area contributed by atoms with Crippen molar-refractivity contribution in [1.82, 2.24) is 0 Å². The molecule has 0 saturated heterocycles. The lowest BCUT2D eigenvalue weighted by Crippen LogP contribution is -2.11. The summed E-state index contributed by atoms with van der Waals surface area (Å²) >= 11 is 20.4. The zero-order valence-electron chi connectivity index (χ0n) is 9.11. The highest BCUT2D eigenvalue weighted by molar-refractivity contribution is 9.11. The van der Waals surface area contributed by atoms with E-state index < -0.39 is 10.5 Å². The van der Waals surface area contributed by atoms with Crippen molar-refractivity contribution in [2.45, 2.75) is 6.92 Å². The Kier molecular flexibility index (Phi) is 6.00. The fourth-order valence-corrected chi connectivity index (χ4v) is 5.04. The number of carbonyl (C=O) groups excluding carboxylic acids is 3. The van der Waals surface area contributed by atoms with E-state index in [0.29, 0.717) is 0 Å². The van der Waals surface area contributed by atoms with Crippen LogP contribution < -0.4 is 5.32 Å². The maximum Gasteiger partial charge on any atom is 0.254 e. The van der Waals surface area contributed by atoms with E-state index >= 15 is 0 Å². The number of halogens is 5. The second-order valence-electron chi connectivity index (χ2n) is 3.30. The van der Waals surface area contributed by atoms with E-state index in [2.05, 4.69) is 53.1 Å². The van der Waals surface area contributed by atoms with Crippen molar-refractivity contribution in [1.29, 1.82) is 0 Å². The summed E-state index contributed by atoms with van der Waals surface area (Å²) in [5, 5.41) is 0.867. The molecule has 0 heterocycles. The predicted octanol–water partition coefficient (Wildman–Crippen LogP) is 4.69. The zero-order chi connectivity index (χ0) is 14.9. The minimum absolute atomic E-state index is 0.00221. The number of hydrogen-bond acceptors (Lipinski definition) is 3. The van der Waals surface area contributed by atoms with Gasteiger partial charge in [-0.3, -0.25) is 14.4 Å². The number of rotatable bonds is 3. The van der Waals surface area contributed by atoms with E-state index in [1.54, 1.807) is 0 Å². The Hall–Kier alpha value is 0.0500. The van der Waals surface area contributed by atoms with Crippen LogP contribution in [0.3, 0.4) is 0 Å². The van der Waals surface area contributed by atoms with Gasteiger partial charge in [0, 0.05) is 11.4 Å². The van der Waals surface area contributed by atoms with Crippen LogP contribution in [0.25, 0.3) is 0 Å². The lowest BCUT2D eigenvalue weighted by Gasteiger charge is -2.15. The molecule has 0 unspecified atom stereocenters. The van der Waals surface area contributed by atoms with E-state index in [9.17, 15) is 14.4 Å². The fourth-order valence-electron chi connectivity index (χ4n) is 1.29. The molecule has 0 spiro atoms. The number of anilines is 1. The van der Waals surface area contributed by atoms with Gasteiger partial charge in [-0.05, 0) is 71.0 Å². The van der Waals surface area contributed by atoms with Crippen molar-refractivity contribution < 1.29 is 14.4 Å². The highest BCUT2D eigenvalue weighted by atomic mass is 79.9. The summed E-state index contributed by atoms with van der Waals surface area (Å²) in [4.78, 5) is 34.0. The average molecular weight is 497 g/mol. The molecular weight excluding hydrogens is 493 g/mol. The molecule has 0 bridgehead atoms. The van der Waals surface area contributed by atoms with Gasteiger partial charge in [0.15, 0.2) is 0 Å². The molecule has 0 fully saturated rings. The number of hydrogen-bond donors (Lipinski definition) is 1. The fraction of sp³-hybridized carbons (Fsp3) is 0.100. The number of amides is 1. The van der Waals surface area contributed by atoms with Gasteiger partial charge in [0.05, 0.1) is 25.8 Å². The number of nitrogens with one attached hydrogen (secondary N) is 1. The highest BCUT2D eigenvalue weighted by Gasteiger charge is 2.26. The van der Waals surface area contributed by atoms with Gasteiger partial charge < -0.3 is 5.32 Å². The third-order valence-corrected chi connectivity index (χ3v) is 4.77. The summed E-state index contributed by atoms with van der Waals surface area (Å²) in [6, 6.07) is 0. The molecular formula is C10H4Br3Cl2NO3. The molecule has 1 rings (SSSR count). The van der Waals surface area contributed by atoms with Gasteiger partial charge in [0.25, 0.3) is 10.5 Å². The van der Waals surface area contributed by atoms with Crippen LogP contribution in [0.15, 0.2) is 13.4 Å². The van der Waals surface area contributed by atoms with Crippen molar-refractivity contribution in [3.05, 3.63) is 24.5 Å². The van der Waals surface area contributed by atoms with Gasteiger partial charge in [-0.2, -0.15) is 0 Å². The monoisotopic (exact) mass is 493 g/mol. The van der Waals surface area contributed by atoms with Gasteiger partial charge in [-0.25, -0.2) is 0 Å². The van der Waals surface area contributed by atoms with Gasteiger partial charge >= 0.3 is 0 Å². The largest absolute Gasteiger partial charge is 0.324 e. The topological polar surface area (TPSA) is 63.2 Å². The molecule has 9 heteroatoms. The molecule has 0 radical (unpaired) electrons. The maximum absolute atomic E-state index is 11.4. The summed E-state index contributed by atoms with van der Waals surface area (Å²) in [6.07, 6.45) is 0. The summed E-state index contributed by atoms with van der Waals surface area (Å²) < 4.78 is 0.617. The van der Waals surface area contributed by atoms with Crippen LogP contribution in [0.5, 0.6) is 0 Å². The molecule has 19 heavy (non-hydrogen) atoms. The molecule has 0 aliphatic rings. The van der Waals surface area contributed by atoms with Crippen LogP contribution in [0.1, 0.15) is 27.6 Å². The minimum atomic E-state index is -0.808. The van der Waals surface area contributed by atoms with Crippen molar-refractivity contribution in [3.8, 4) is 0 Å². The quantitative estimate of drug-likeness (QED) is 0.618. The Morgan fingerprint density at radius 3 is 1.53 bits per heavy atom. The van der Waals surface area contributed by atoms with E-state index in [-0.39, 0.29) is 36.1 Å². The molecule has 0 aliphatic heterocycles. The lowest BCUT2D eigenvalue weighted by molar-refractivity contribution is -0.114. The van der Waals surface area contributed by atoms with Crippen LogP contribution in [0.4, 0.5) is 5.69 Å². The molecule has 4 nitrogen and oxygen atoms in total. The van der Waals surface area contributed by atoms with Crippen molar-refractivity contribution in [3.63, 3.8) is 0 Å². The third kappa shape index (κ3) is 3.58. The van der Waals surface area contributed by atoms with E-state index in [1.807, 2.05) is 0 Å². The predicted molar refractivity (Wildman–Crippen MR) is 84.2 cm³/mol. The molecule has 0 aromatic heterocycles. The van der Waals surface area contributed by atoms with Gasteiger partial charge in [-0.1, -0.05) is 0 Å². The highest BCUT2D eigenvalue weighted by Crippen LogP contribution is 2.43. The minimum Gasteiger partial charge on any atom is -0.324 e. The van der Waals surface area contributed by atoms with Gasteiger partial charge in [-0.15, -0.1) is 0 Å². The Morgan fingerprint density at radius 2 is 1.26 bits per heavy atom. The Morgan fingerprint density at radius 1 is 0.895 bits per heavy atom. The zero-order valence-corrected chi connectivity index (χ0v) is 15.4. The van der Waals surface area contributed by atoms with E-state index in [1.165, 1.54) is 6.92 Å². The third-order valence-electron chi connectivity index (χ3n) is 2.01. The van der Waals surface area contributed by atoms with Crippen molar-refractivity contribution in [2.24, 2.45) is 0 Å². The van der Waals surface area contributed by atoms with Gasteiger partial charge in [0.1, 0.15) is 0 Å². The Balaban J connectivity index is 3.79. The second-order valence-corrected chi connectivity index (χ2v) is 6.36. The smallest absolute Gasteiger partial charge is 0.254 e. The first-order valence-corrected chi connectivity index (χ1v) is 7.69. The number of benzene rings is 1. The summed E-state index contributed by atoms with van der Waals surface area (Å²) in [6.45, 7) is 1.28. The maximum atomic E-state index is 11.4. The summed E-state index contributed by atoms with van der Waals surface area (Å²) in [5.41, 5.74) is 0.193. The van der Waals surface area contributed by atoms with Crippen molar-refractivity contribution >= 4 is 93.1 Å². The molecule has 1 aromatic carbocycles. The van der Waals surface area contributed by atoms with E-state index in [0.717, 1.165) is 0 Å². The van der Waals surface area contributed by atoms with Crippen LogP contribution in [0, 0.1) is 0 Å². The lowest BCUT2D eigenvalue weighted by atomic mass is 10.1. The van der Waals surface area contributed by atoms with Crippen LogP contribution >= 0.6 is 71.0 Å². The van der Waals surface area contributed by atoms with E-state index in [4.69, 9.17) is 23.2 Å².